The van der Waals surface area contributed by atoms with Gasteiger partial charge in [0.05, 0.1) is 19.9 Å². The molecule has 0 fully saturated rings. The monoisotopic (exact) mass is 321 g/mol. The van der Waals surface area contributed by atoms with Crippen LogP contribution in [0.5, 0.6) is 11.8 Å². The van der Waals surface area contributed by atoms with E-state index < -0.39 is 11.9 Å². The van der Waals surface area contributed by atoms with Crippen LogP contribution in [0.3, 0.4) is 0 Å². The number of ether oxygens (including phenoxy) is 3. The molecule has 2 rings (SSSR count). The highest BCUT2D eigenvalue weighted by molar-refractivity contribution is 5.83. The summed E-state index contributed by atoms with van der Waals surface area (Å²) in [6.45, 7) is 1.97. The van der Waals surface area contributed by atoms with Crippen LogP contribution in [0.4, 0.5) is 15.0 Å². The van der Waals surface area contributed by atoms with Crippen molar-refractivity contribution in [1.29, 1.82) is 0 Å². The number of anilines is 1. The number of halogens is 1. The van der Waals surface area contributed by atoms with Crippen LogP contribution in [0.2, 0.25) is 0 Å². The molecule has 0 aliphatic carbocycles. The van der Waals surface area contributed by atoms with Gasteiger partial charge in [-0.3, -0.25) is 5.32 Å². The lowest BCUT2D eigenvalue weighted by atomic mass is 10.2. The smallest absolute Gasteiger partial charge is 0.412 e. The van der Waals surface area contributed by atoms with Gasteiger partial charge < -0.3 is 14.2 Å². The van der Waals surface area contributed by atoms with E-state index in [1.807, 2.05) is 12.1 Å². The van der Waals surface area contributed by atoms with Gasteiger partial charge in [-0.25, -0.2) is 14.2 Å². The van der Waals surface area contributed by atoms with E-state index in [4.69, 9.17) is 9.47 Å². The second kappa shape index (κ2) is 7.92. The molecule has 122 valence electrons. The van der Waals surface area contributed by atoms with Crippen molar-refractivity contribution in [2.45, 2.75) is 13.5 Å². The number of benzene rings is 1. The molecule has 1 heterocycles. The van der Waals surface area contributed by atoms with Gasteiger partial charge in [-0.05, 0) is 24.6 Å². The van der Waals surface area contributed by atoms with Crippen LogP contribution < -0.4 is 14.8 Å². The predicted octanol–water partition coefficient (Wildman–Crippen LogP) is 2.77. The molecule has 1 aromatic carbocycles. The van der Waals surface area contributed by atoms with E-state index in [0.717, 1.165) is 11.8 Å². The van der Waals surface area contributed by atoms with E-state index in [-0.39, 0.29) is 25.0 Å². The predicted molar refractivity (Wildman–Crippen MR) is 80.0 cm³/mol. The highest BCUT2D eigenvalue weighted by Crippen LogP contribution is 2.16. The van der Waals surface area contributed by atoms with Gasteiger partial charge in [-0.1, -0.05) is 12.1 Å². The molecule has 0 bridgehead atoms. The average molecular weight is 321 g/mol. The van der Waals surface area contributed by atoms with Crippen LogP contribution in [0, 0.1) is 5.82 Å². The summed E-state index contributed by atoms with van der Waals surface area (Å²) >= 11 is 0. The lowest BCUT2D eigenvalue weighted by molar-refractivity contribution is 0.167. The molecule has 7 nitrogen and oxygen atoms in total. The van der Waals surface area contributed by atoms with Gasteiger partial charge in [0.2, 0.25) is 0 Å². The van der Waals surface area contributed by atoms with Crippen molar-refractivity contribution in [2.75, 3.05) is 19.0 Å². The molecule has 0 saturated carbocycles. The maximum absolute atomic E-state index is 13.6. The fraction of sp³-hybridized carbons (Fsp3) is 0.267. The first-order valence-electron chi connectivity index (χ1n) is 6.84. The summed E-state index contributed by atoms with van der Waals surface area (Å²) < 4.78 is 28.7. The van der Waals surface area contributed by atoms with Crippen molar-refractivity contribution < 1.29 is 23.4 Å². The summed E-state index contributed by atoms with van der Waals surface area (Å²) in [6, 6.07) is 7.18. The van der Waals surface area contributed by atoms with Crippen molar-refractivity contribution in [3.8, 4) is 11.8 Å². The minimum Gasteiger partial charge on any atom is -0.497 e. The number of methoxy groups -OCH3 is 1. The Morgan fingerprint density at radius 1 is 1.39 bits per heavy atom. The Morgan fingerprint density at radius 3 is 2.96 bits per heavy atom. The molecule has 0 unspecified atom stereocenters. The summed E-state index contributed by atoms with van der Waals surface area (Å²) in [5.74, 6) is -0.401. The number of nitrogens with zero attached hydrogens (tertiary/aromatic N) is 2. The summed E-state index contributed by atoms with van der Waals surface area (Å²) in [4.78, 5) is 18.8. The Kier molecular flexibility index (Phi) is 5.67. The van der Waals surface area contributed by atoms with Crippen molar-refractivity contribution in [1.82, 2.24) is 9.97 Å². The number of hydrogen-bond acceptors (Lipinski definition) is 6. The van der Waals surface area contributed by atoms with Gasteiger partial charge in [-0.2, -0.15) is 4.98 Å². The minimum atomic E-state index is -0.802. The molecule has 0 radical (unpaired) electrons. The second-order valence-electron chi connectivity index (χ2n) is 4.33. The molecule has 0 spiro atoms. The second-order valence-corrected chi connectivity index (χ2v) is 4.33. The molecule has 8 heteroatoms. The van der Waals surface area contributed by atoms with Crippen molar-refractivity contribution in [2.24, 2.45) is 0 Å². The summed E-state index contributed by atoms with van der Waals surface area (Å²) in [6.07, 6.45) is 0.110. The number of carbonyl (C=O) groups is 1. The highest BCUT2D eigenvalue weighted by Gasteiger charge is 2.12. The molecule has 0 saturated heterocycles. The quantitative estimate of drug-likeness (QED) is 0.881. The maximum atomic E-state index is 13.6. The Morgan fingerprint density at radius 2 is 2.22 bits per heavy atom. The molecule has 2 aromatic rings. The van der Waals surface area contributed by atoms with Crippen LogP contribution in [0.1, 0.15) is 12.5 Å². The molecule has 0 atom stereocenters. The first-order chi connectivity index (χ1) is 11.1. The van der Waals surface area contributed by atoms with E-state index in [0.29, 0.717) is 5.75 Å². The Labute approximate surface area is 132 Å². The number of nitrogens with one attached hydrogen (secondary N) is 1. The van der Waals surface area contributed by atoms with Gasteiger partial charge in [0, 0.05) is 0 Å². The lowest BCUT2D eigenvalue weighted by Gasteiger charge is -2.08. The topological polar surface area (TPSA) is 82.6 Å². The first-order valence-corrected chi connectivity index (χ1v) is 6.84. The zero-order valence-electron chi connectivity index (χ0n) is 12.7. The third-order valence-corrected chi connectivity index (χ3v) is 2.72. The third kappa shape index (κ3) is 4.80. The zero-order chi connectivity index (χ0) is 16.7. The van der Waals surface area contributed by atoms with E-state index in [1.165, 1.54) is 0 Å². The molecule has 1 N–H and O–H groups in total. The zero-order valence-corrected chi connectivity index (χ0v) is 12.7. The SMILES string of the molecule is CCOC(=O)Nc1nc(OCc2cccc(OC)c2)ncc1F. The molecule has 1 aromatic heterocycles. The van der Waals surface area contributed by atoms with Gasteiger partial charge in [0.1, 0.15) is 12.4 Å². The van der Waals surface area contributed by atoms with E-state index in [2.05, 4.69) is 20.0 Å². The summed E-state index contributed by atoms with van der Waals surface area (Å²) in [5, 5.41) is 2.18. The average Bonchev–Trinajstić information content (AvgIpc) is 2.56. The lowest BCUT2D eigenvalue weighted by Crippen LogP contribution is -2.16. The Hall–Kier alpha value is -2.90. The summed E-state index contributed by atoms with van der Waals surface area (Å²) in [5.41, 5.74) is 0.831. The van der Waals surface area contributed by atoms with E-state index in [1.54, 1.807) is 26.2 Å². The van der Waals surface area contributed by atoms with E-state index >= 15 is 0 Å². The molecule has 0 aliphatic heterocycles. The molecule has 1 amide bonds. The van der Waals surface area contributed by atoms with Gasteiger partial charge >= 0.3 is 12.1 Å². The fourth-order valence-electron chi connectivity index (χ4n) is 1.68. The maximum Gasteiger partial charge on any atom is 0.412 e. The van der Waals surface area contributed by atoms with Crippen LogP contribution in [0.25, 0.3) is 0 Å². The Bertz CT molecular complexity index is 682. The summed E-state index contributed by atoms with van der Waals surface area (Å²) in [7, 11) is 1.57. The highest BCUT2D eigenvalue weighted by atomic mass is 19.1. The van der Waals surface area contributed by atoms with Crippen molar-refractivity contribution >= 4 is 11.9 Å². The van der Waals surface area contributed by atoms with Crippen molar-refractivity contribution in [3.63, 3.8) is 0 Å². The van der Waals surface area contributed by atoms with Crippen LogP contribution in [-0.4, -0.2) is 29.8 Å². The van der Waals surface area contributed by atoms with Crippen LogP contribution >= 0.6 is 0 Å². The first kappa shape index (κ1) is 16.5. The molecule has 0 aliphatic rings. The van der Waals surface area contributed by atoms with Gasteiger partial charge in [0.25, 0.3) is 0 Å². The number of aromatic nitrogens is 2. The fourth-order valence-corrected chi connectivity index (χ4v) is 1.68. The third-order valence-electron chi connectivity index (χ3n) is 2.72. The Balaban J connectivity index is 2.03. The van der Waals surface area contributed by atoms with E-state index in [9.17, 15) is 9.18 Å². The number of rotatable bonds is 6. The van der Waals surface area contributed by atoms with Crippen molar-refractivity contribution in [3.05, 3.63) is 41.8 Å². The van der Waals surface area contributed by atoms with Crippen LogP contribution in [0.15, 0.2) is 30.5 Å². The van der Waals surface area contributed by atoms with Gasteiger partial charge in [-0.15, -0.1) is 0 Å². The number of amides is 1. The number of hydrogen-bond donors (Lipinski definition) is 1. The standard InChI is InChI=1S/C15H16FN3O4/c1-3-22-15(20)19-13-12(16)8-17-14(18-13)23-9-10-5-4-6-11(7-10)21-2/h4-8H,3,9H2,1-2H3,(H,17,18,19,20). The van der Waals surface area contributed by atoms with Crippen LogP contribution in [-0.2, 0) is 11.3 Å². The largest absolute Gasteiger partial charge is 0.497 e. The molecular formula is C15H16FN3O4. The molecule has 23 heavy (non-hydrogen) atoms. The minimum absolute atomic E-state index is 0.0685. The molecular weight excluding hydrogens is 305 g/mol. The number of carbonyl (C=O) groups excluding carboxylic acids is 1. The van der Waals surface area contributed by atoms with Gasteiger partial charge in [0.15, 0.2) is 11.6 Å². The normalized spacial score (nSPS) is 10.0.